The average molecular weight is 262 g/mol. The van der Waals surface area contributed by atoms with E-state index < -0.39 is 0 Å². The van der Waals surface area contributed by atoms with Gasteiger partial charge in [0.05, 0.1) is 6.26 Å². The number of benzene rings is 1. The number of furan rings is 1. The maximum Gasteiger partial charge on any atom is 0.134 e. The van der Waals surface area contributed by atoms with Gasteiger partial charge in [-0.25, -0.2) is 0 Å². The second-order valence-electron chi connectivity index (χ2n) is 4.75. The van der Waals surface area contributed by atoms with Gasteiger partial charge in [0, 0.05) is 5.39 Å². The van der Waals surface area contributed by atoms with E-state index in [1.807, 2.05) is 33.8 Å². The highest BCUT2D eigenvalue weighted by Crippen LogP contribution is 2.30. The molecule has 0 saturated carbocycles. The van der Waals surface area contributed by atoms with Crippen LogP contribution in [0.2, 0.25) is 0 Å². The van der Waals surface area contributed by atoms with Gasteiger partial charge in [-0.3, -0.25) is 0 Å². The van der Waals surface area contributed by atoms with Crippen LogP contribution in [0.15, 0.2) is 28.9 Å². The molecule has 0 saturated heterocycles. The number of hydrogen-bond acceptors (Lipinski definition) is 1. The molecule has 1 aromatic carbocycles. The first-order valence-corrected chi connectivity index (χ1v) is 7.60. The van der Waals surface area contributed by atoms with Crippen molar-refractivity contribution in [3.8, 4) is 0 Å². The average Bonchev–Trinajstić information content (AvgIpc) is 2.89. The van der Waals surface area contributed by atoms with E-state index in [9.17, 15) is 0 Å². The third-order valence-electron chi connectivity index (χ3n) is 2.90. The Balaban J connectivity index is 0.000000741. The van der Waals surface area contributed by atoms with E-state index in [1.54, 1.807) is 6.26 Å². The van der Waals surface area contributed by atoms with E-state index in [0.717, 1.165) is 5.58 Å². The highest BCUT2D eigenvalue weighted by atomic mass is 16.3. The van der Waals surface area contributed by atoms with Gasteiger partial charge < -0.3 is 4.42 Å². The molecule has 0 aliphatic heterocycles. The maximum absolute atomic E-state index is 5.44. The summed E-state index contributed by atoms with van der Waals surface area (Å²) in [6.45, 7) is 17.0. The highest BCUT2D eigenvalue weighted by molar-refractivity contribution is 5.79. The topological polar surface area (TPSA) is 13.1 Å². The van der Waals surface area contributed by atoms with Crippen molar-refractivity contribution in [2.24, 2.45) is 0 Å². The third-order valence-corrected chi connectivity index (χ3v) is 2.90. The molecular formula is C18H30O. The van der Waals surface area contributed by atoms with E-state index in [4.69, 9.17) is 4.42 Å². The maximum atomic E-state index is 5.44. The quantitative estimate of drug-likeness (QED) is 0.584. The van der Waals surface area contributed by atoms with Gasteiger partial charge in [0.1, 0.15) is 5.58 Å². The van der Waals surface area contributed by atoms with Gasteiger partial charge in [-0.1, -0.05) is 55.4 Å². The molecule has 2 rings (SSSR count). The second kappa shape index (κ2) is 8.79. The summed E-state index contributed by atoms with van der Waals surface area (Å²) in [6, 6.07) is 6.49. The van der Waals surface area contributed by atoms with Crippen molar-refractivity contribution in [3.63, 3.8) is 0 Å². The zero-order chi connectivity index (χ0) is 15.0. The molecular weight excluding hydrogens is 232 g/mol. The summed E-state index contributed by atoms with van der Waals surface area (Å²) in [6.07, 6.45) is 1.76. The van der Waals surface area contributed by atoms with Crippen LogP contribution in [0.5, 0.6) is 0 Å². The molecule has 0 amide bonds. The van der Waals surface area contributed by atoms with Crippen LogP contribution in [-0.2, 0) is 0 Å². The molecule has 0 bridgehead atoms. The lowest BCUT2D eigenvalue weighted by atomic mass is 9.90. The van der Waals surface area contributed by atoms with Gasteiger partial charge in [-0.15, -0.1) is 0 Å². The first-order chi connectivity index (χ1) is 9.09. The van der Waals surface area contributed by atoms with Gasteiger partial charge in [0.2, 0.25) is 0 Å². The van der Waals surface area contributed by atoms with E-state index >= 15 is 0 Å². The number of rotatable bonds is 2. The Morgan fingerprint density at radius 1 is 0.789 bits per heavy atom. The van der Waals surface area contributed by atoms with Crippen molar-refractivity contribution >= 4 is 11.0 Å². The molecule has 0 unspecified atom stereocenters. The minimum atomic E-state index is 0.553. The van der Waals surface area contributed by atoms with Gasteiger partial charge in [-0.05, 0) is 41.2 Å². The predicted molar refractivity (Wildman–Crippen MR) is 87.1 cm³/mol. The van der Waals surface area contributed by atoms with Crippen LogP contribution in [0.1, 0.15) is 78.4 Å². The minimum Gasteiger partial charge on any atom is -0.464 e. The number of fused-ring (bicyclic) bond motifs is 1. The van der Waals surface area contributed by atoms with Crippen molar-refractivity contribution in [1.29, 1.82) is 0 Å². The van der Waals surface area contributed by atoms with Crippen LogP contribution in [0.4, 0.5) is 0 Å². The summed E-state index contributed by atoms with van der Waals surface area (Å²) in [5.41, 5.74) is 3.86. The Kier molecular flexibility index (Phi) is 8.22. The number of hydrogen-bond donors (Lipinski definition) is 0. The van der Waals surface area contributed by atoms with Crippen molar-refractivity contribution in [2.75, 3.05) is 0 Å². The van der Waals surface area contributed by atoms with Crippen LogP contribution >= 0.6 is 0 Å². The lowest BCUT2D eigenvalue weighted by Crippen LogP contribution is -1.98. The molecule has 2 aromatic rings. The lowest BCUT2D eigenvalue weighted by molar-refractivity contribution is 0.614. The van der Waals surface area contributed by atoms with Crippen LogP contribution in [0.3, 0.4) is 0 Å². The normalized spacial score (nSPS) is 10.0. The fourth-order valence-electron chi connectivity index (χ4n) is 2.04. The van der Waals surface area contributed by atoms with Gasteiger partial charge in [0.25, 0.3) is 0 Å². The van der Waals surface area contributed by atoms with Crippen molar-refractivity contribution < 1.29 is 4.42 Å². The summed E-state index contributed by atoms with van der Waals surface area (Å²) < 4.78 is 5.44. The van der Waals surface area contributed by atoms with Gasteiger partial charge in [0.15, 0.2) is 0 Å². The fraction of sp³-hybridized carbons (Fsp3) is 0.556. The summed E-state index contributed by atoms with van der Waals surface area (Å²) in [7, 11) is 0. The molecule has 0 N–H and O–H groups in total. The Morgan fingerprint density at radius 3 is 1.74 bits per heavy atom. The second-order valence-corrected chi connectivity index (χ2v) is 4.75. The smallest absolute Gasteiger partial charge is 0.134 e. The molecule has 1 heterocycles. The molecule has 108 valence electrons. The molecule has 0 aliphatic carbocycles. The lowest BCUT2D eigenvalue weighted by Gasteiger charge is -2.15. The van der Waals surface area contributed by atoms with Crippen LogP contribution < -0.4 is 0 Å². The van der Waals surface area contributed by atoms with Crippen LogP contribution in [0, 0.1) is 0 Å². The Bertz CT molecular complexity index is 421. The molecule has 0 aliphatic rings. The van der Waals surface area contributed by atoms with E-state index in [-0.39, 0.29) is 0 Å². The van der Waals surface area contributed by atoms with Gasteiger partial charge in [-0.2, -0.15) is 0 Å². The largest absolute Gasteiger partial charge is 0.464 e. The van der Waals surface area contributed by atoms with Crippen molar-refractivity contribution in [1.82, 2.24) is 0 Å². The molecule has 1 heteroatoms. The summed E-state index contributed by atoms with van der Waals surface area (Å²) >= 11 is 0. The van der Waals surface area contributed by atoms with E-state index in [2.05, 4.69) is 39.8 Å². The zero-order valence-electron chi connectivity index (χ0n) is 13.9. The molecule has 0 fully saturated rings. The summed E-state index contributed by atoms with van der Waals surface area (Å²) in [5.74, 6) is 1.12. The van der Waals surface area contributed by atoms with Crippen molar-refractivity contribution in [2.45, 2.75) is 67.2 Å². The zero-order valence-corrected chi connectivity index (χ0v) is 13.9. The Hall–Kier alpha value is -1.24. The molecule has 1 nitrogen and oxygen atoms in total. The van der Waals surface area contributed by atoms with Crippen LogP contribution in [-0.4, -0.2) is 0 Å². The van der Waals surface area contributed by atoms with Crippen LogP contribution in [0.25, 0.3) is 11.0 Å². The summed E-state index contributed by atoms with van der Waals surface area (Å²) in [5, 5.41) is 1.21. The first-order valence-electron chi connectivity index (χ1n) is 7.60. The molecule has 0 atom stereocenters. The predicted octanol–water partition coefficient (Wildman–Crippen LogP) is 6.73. The Labute approximate surface area is 119 Å². The third kappa shape index (κ3) is 4.41. The highest BCUT2D eigenvalue weighted by Gasteiger charge is 2.12. The van der Waals surface area contributed by atoms with Gasteiger partial charge >= 0.3 is 0 Å². The fourth-order valence-corrected chi connectivity index (χ4v) is 2.04. The summed E-state index contributed by atoms with van der Waals surface area (Å²) in [4.78, 5) is 0. The Morgan fingerprint density at radius 2 is 1.26 bits per heavy atom. The monoisotopic (exact) mass is 262 g/mol. The molecule has 1 aromatic heterocycles. The SMILES string of the molecule is CC.CC.CC(C)c1cc2ccoc2cc1C(C)C. The first kappa shape index (κ1) is 17.8. The van der Waals surface area contributed by atoms with Crippen molar-refractivity contribution in [3.05, 3.63) is 35.6 Å². The standard InChI is InChI=1S/C14H18O.2C2H6/c1-9(2)12-7-11-5-6-15-14(11)8-13(12)10(3)4;2*1-2/h5-10H,1-4H3;2*1-2H3. The minimum absolute atomic E-state index is 0.553. The molecule has 0 spiro atoms. The molecule has 0 radical (unpaired) electrons. The van der Waals surface area contributed by atoms with E-state index in [1.165, 1.54) is 16.5 Å². The molecule has 19 heavy (non-hydrogen) atoms. The van der Waals surface area contributed by atoms with E-state index in [0.29, 0.717) is 11.8 Å².